The molecule has 1 aliphatic carbocycles. The van der Waals surface area contributed by atoms with E-state index in [9.17, 15) is 5.11 Å². The minimum absolute atomic E-state index is 0.109. The van der Waals surface area contributed by atoms with Crippen LogP contribution in [-0.4, -0.2) is 48.3 Å². The highest BCUT2D eigenvalue weighted by molar-refractivity contribution is 4.85. The summed E-state index contributed by atoms with van der Waals surface area (Å²) in [4.78, 5) is 2.60. The number of likely N-dealkylation sites (tertiary alicyclic amines) is 1. The molecule has 0 amide bonds. The van der Waals surface area contributed by atoms with Crippen molar-refractivity contribution in [3.8, 4) is 0 Å². The minimum atomic E-state index is -0.109. The Balaban J connectivity index is 1.68. The zero-order valence-corrected chi connectivity index (χ0v) is 12.1. The number of nitrogens with zero attached hydrogens (tertiary/aromatic N) is 1. The summed E-state index contributed by atoms with van der Waals surface area (Å²) in [5, 5.41) is 13.5. The van der Waals surface area contributed by atoms with Crippen LogP contribution >= 0.6 is 0 Å². The summed E-state index contributed by atoms with van der Waals surface area (Å²) in [6.07, 6.45) is 6.28. The summed E-state index contributed by atoms with van der Waals surface area (Å²) < 4.78 is 0. The van der Waals surface area contributed by atoms with E-state index in [4.69, 9.17) is 0 Å². The van der Waals surface area contributed by atoms with Gasteiger partial charge in [0.05, 0.1) is 6.10 Å². The lowest BCUT2D eigenvalue weighted by Crippen LogP contribution is -2.46. The molecule has 1 saturated heterocycles. The van der Waals surface area contributed by atoms with Crippen LogP contribution in [0.1, 0.15) is 46.0 Å². The fourth-order valence-corrected chi connectivity index (χ4v) is 3.14. The second-order valence-corrected chi connectivity index (χ2v) is 6.30. The fourth-order valence-electron chi connectivity index (χ4n) is 3.14. The van der Waals surface area contributed by atoms with E-state index in [0.717, 1.165) is 12.5 Å². The Morgan fingerprint density at radius 2 is 2.06 bits per heavy atom. The number of piperidine rings is 1. The molecule has 1 heterocycles. The summed E-state index contributed by atoms with van der Waals surface area (Å²) in [6.45, 7) is 9.10. The molecule has 0 radical (unpaired) electrons. The maximum Gasteiger partial charge on any atom is 0.0692 e. The van der Waals surface area contributed by atoms with E-state index in [0.29, 0.717) is 12.0 Å². The average molecular weight is 254 g/mol. The predicted molar refractivity (Wildman–Crippen MR) is 75.7 cm³/mol. The van der Waals surface area contributed by atoms with Gasteiger partial charge in [-0.1, -0.05) is 6.92 Å². The molecule has 2 N–H and O–H groups in total. The maximum atomic E-state index is 9.90. The second-order valence-electron chi connectivity index (χ2n) is 6.30. The van der Waals surface area contributed by atoms with Crippen molar-refractivity contribution >= 4 is 0 Å². The molecule has 3 unspecified atom stereocenters. The van der Waals surface area contributed by atoms with Crippen molar-refractivity contribution in [1.29, 1.82) is 0 Å². The predicted octanol–water partition coefficient (Wildman–Crippen LogP) is 1.86. The van der Waals surface area contributed by atoms with Crippen molar-refractivity contribution in [2.24, 2.45) is 11.8 Å². The van der Waals surface area contributed by atoms with Gasteiger partial charge in [-0.2, -0.15) is 0 Å². The largest absolute Gasteiger partial charge is 0.392 e. The van der Waals surface area contributed by atoms with Gasteiger partial charge in [0.25, 0.3) is 0 Å². The lowest BCUT2D eigenvalue weighted by molar-refractivity contribution is 0.122. The Kier molecular flexibility index (Phi) is 5.46. The summed E-state index contributed by atoms with van der Waals surface area (Å²) in [5.41, 5.74) is 0. The number of rotatable bonds is 7. The highest BCUT2D eigenvalue weighted by atomic mass is 16.3. The number of aliphatic hydroxyl groups excluding tert-OH is 1. The molecule has 3 atom stereocenters. The molecule has 3 heteroatoms. The molecule has 1 aliphatic heterocycles. The van der Waals surface area contributed by atoms with E-state index in [2.05, 4.69) is 24.1 Å². The second kappa shape index (κ2) is 6.88. The maximum absolute atomic E-state index is 9.90. The quantitative estimate of drug-likeness (QED) is 0.728. The SMILES string of the molecule is CCCN1CCCC(C(C)NCC(O)C2CC2)C1. The van der Waals surface area contributed by atoms with Gasteiger partial charge in [-0.3, -0.25) is 0 Å². The van der Waals surface area contributed by atoms with Crippen LogP contribution in [0, 0.1) is 11.8 Å². The number of aliphatic hydroxyl groups is 1. The number of hydrogen-bond acceptors (Lipinski definition) is 3. The van der Waals surface area contributed by atoms with E-state index in [1.807, 2.05) is 0 Å². The molecule has 0 spiro atoms. The van der Waals surface area contributed by atoms with Gasteiger partial charge >= 0.3 is 0 Å². The summed E-state index contributed by atoms with van der Waals surface area (Å²) >= 11 is 0. The molecule has 2 rings (SSSR count). The normalized spacial score (nSPS) is 29.2. The molecule has 3 nitrogen and oxygen atoms in total. The van der Waals surface area contributed by atoms with Crippen LogP contribution in [0.5, 0.6) is 0 Å². The molecule has 1 saturated carbocycles. The Hall–Kier alpha value is -0.120. The number of hydrogen-bond donors (Lipinski definition) is 2. The van der Waals surface area contributed by atoms with Gasteiger partial charge in [-0.05, 0) is 64.0 Å². The molecule has 106 valence electrons. The lowest BCUT2D eigenvalue weighted by Gasteiger charge is -2.36. The Bertz CT molecular complexity index is 241. The van der Waals surface area contributed by atoms with Crippen LogP contribution < -0.4 is 5.32 Å². The molecule has 0 aromatic heterocycles. The summed E-state index contributed by atoms with van der Waals surface area (Å²) in [7, 11) is 0. The van der Waals surface area contributed by atoms with Gasteiger partial charge in [0.15, 0.2) is 0 Å². The average Bonchev–Trinajstić information content (AvgIpc) is 3.20. The van der Waals surface area contributed by atoms with Crippen molar-refractivity contribution in [1.82, 2.24) is 10.2 Å². The molecular formula is C15H30N2O. The highest BCUT2D eigenvalue weighted by Gasteiger charge is 2.30. The van der Waals surface area contributed by atoms with Crippen molar-refractivity contribution in [2.75, 3.05) is 26.2 Å². The van der Waals surface area contributed by atoms with Gasteiger partial charge in [-0.25, -0.2) is 0 Å². The van der Waals surface area contributed by atoms with Crippen LogP contribution in [0.4, 0.5) is 0 Å². The van der Waals surface area contributed by atoms with Crippen molar-refractivity contribution in [3.05, 3.63) is 0 Å². The monoisotopic (exact) mass is 254 g/mol. The van der Waals surface area contributed by atoms with Crippen molar-refractivity contribution < 1.29 is 5.11 Å². The van der Waals surface area contributed by atoms with Crippen LogP contribution in [0.3, 0.4) is 0 Å². The van der Waals surface area contributed by atoms with Crippen LogP contribution in [0.2, 0.25) is 0 Å². The minimum Gasteiger partial charge on any atom is -0.392 e. The molecular weight excluding hydrogens is 224 g/mol. The number of nitrogens with one attached hydrogen (secondary N) is 1. The van der Waals surface area contributed by atoms with Crippen LogP contribution in [-0.2, 0) is 0 Å². The smallest absolute Gasteiger partial charge is 0.0692 e. The lowest BCUT2D eigenvalue weighted by atomic mass is 9.91. The Morgan fingerprint density at radius 1 is 1.28 bits per heavy atom. The molecule has 2 aliphatic rings. The summed E-state index contributed by atoms with van der Waals surface area (Å²) in [5.74, 6) is 1.35. The molecule has 0 bridgehead atoms. The van der Waals surface area contributed by atoms with Gasteiger partial charge in [0.1, 0.15) is 0 Å². The summed E-state index contributed by atoms with van der Waals surface area (Å²) in [6, 6.07) is 0.540. The third-order valence-electron chi connectivity index (χ3n) is 4.60. The molecule has 0 aromatic carbocycles. The van der Waals surface area contributed by atoms with Crippen LogP contribution in [0.15, 0.2) is 0 Å². The first-order valence-corrected chi connectivity index (χ1v) is 7.84. The third-order valence-corrected chi connectivity index (χ3v) is 4.60. The van der Waals surface area contributed by atoms with E-state index in [-0.39, 0.29) is 6.10 Å². The zero-order valence-electron chi connectivity index (χ0n) is 12.1. The first-order valence-electron chi connectivity index (χ1n) is 7.84. The molecule has 0 aromatic rings. The van der Waals surface area contributed by atoms with Gasteiger partial charge in [0.2, 0.25) is 0 Å². The van der Waals surface area contributed by atoms with Gasteiger partial charge in [-0.15, -0.1) is 0 Å². The molecule has 2 fully saturated rings. The van der Waals surface area contributed by atoms with Crippen LogP contribution in [0.25, 0.3) is 0 Å². The van der Waals surface area contributed by atoms with E-state index >= 15 is 0 Å². The standard InChI is InChI=1S/C15H30N2O/c1-3-8-17-9-4-5-14(11-17)12(2)16-10-15(18)13-6-7-13/h12-16,18H,3-11H2,1-2H3. The Labute approximate surface area is 112 Å². The fraction of sp³-hybridized carbons (Fsp3) is 1.00. The first-order chi connectivity index (χ1) is 8.70. The molecule has 18 heavy (non-hydrogen) atoms. The van der Waals surface area contributed by atoms with E-state index in [1.54, 1.807) is 0 Å². The van der Waals surface area contributed by atoms with E-state index < -0.39 is 0 Å². The zero-order chi connectivity index (χ0) is 13.0. The van der Waals surface area contributed by atoms with Gasteiger partial charge < -0.3 is 15.3 Å². The topological polar surface area (TPSA) is 35.5 Å². The highest BCUT2D eigenvalue weighted by Crippen LogP contribution is 2.32. The van der Waals surface area contributed by atoms with E-state index in [1.165, 1.54) is 51.7 Å². The Morgan fingerprint density at radius 3 is 2.72 bits per heavy atom. The third kappa shape index (κ3) is 4.22. The van der Waals surface area contributed by atoms with Crippen molar-refractivity contribution in [3.63, 3.8) is 0 Å². The van der Waals surface area contributed by atoms with Gasteiger partial charge in [0, 0.05) is 19.1 Å². The first kappa shape index (κ1) is 14.3. The van der Waals surface area contributed by atoms with Crippen molar-refractivity contribution in [2.45, 2.75) is 58.1 Å².